The molecule has 6 heteroatoms. The Bertz CT molecular complexity index is 558. The molecule has 0 aliphatic carbocycles. The van der Waals surface area contributed by atoms with Crippen molar-refractivity contribution >= 4 is 5.91 Å². The number of likely N-dealkylation sites (tertiary alicyclic amines) is 1. The first kappa shape index (κ1) is 14.4. The van der Waals surface area contributed by atoms with Crippen molar-refractivity contribution in [3.63, 3.8) is 0 Å². The van der Waals surface area contributed by atoms with Gasteiger partial charge in [-0.2, -0.15) is 0 Å². The van der Waals surface area contributed by atoms with Crippen molar-refractivity contribution in [3.8, 4) is 0 Å². The van der Waals surface area contributed by atoms with E-state index in [9.17, 15) is 18.7 Å². The lowest BCUT2D eigenvalue weighted by Gasteiger charge is -2.25. The number of aliphatic hydroxyl groups is 1. The van der Waals surface area contributed by atoms with E-state index in [2.05, 4.69) is 0 Å². The molecule has 0 radical (unpaired) electrons. The molecule has 1 spiro atoms. The SMILES string of the molecule is O=C(Cc1ccc(F)c(F)c1)N1C[C@H](O)[C@]2(CCCO2)C1. The van der Waals surface area contributed by atoms with Crippen molar-refractivity contribution in [1.82, 2.24) is 4.90 Å². The fraction of sp³-hybridized carbons (Fsp3) is 0.533. The summed E-state index contributed by atoms with van der Waals surface area (Å²) in [5.74, 6) is -2.11. The standard InChI is InChI=1S/C15H17F2NO3/c16-11-3-2-10(6-12(11)17)7-14(20)18-8-13(19)15(9-18)4-1-5-21-15/h2-3,6,13,19H,1,4-5,7-9H2/t13-,15-/m0/s1. The smallest absolute Gasteiger partial charge is 0.227 e. The summed E-state index contributed by atoms with van der Waals surface area (Å²) < 4.78 is 31.6. The minimum absolute atomic E-state index is 0.0139. The van der Waals surface area contributed by atoms with Crippen LogP contribution in [0.3, 0.4) is 0 Å². The highest BCUT2D eigenvalue weighted by Crippen LogP contribution is 2.35. The maximum Gasteiger partial charge on any atom is 0.227 e. The van der Waals surface area contributed by atoms with Gasteiger partial charge < -0.3 is 14.7 Å². The number of hydrogen-bond acceptors (Lipinski definition) is 3. The summed E-state index contributed by atoms with van der Waals surface area (Å²) in [6, 6.07) is 3.44. The van der Waals surface area contributed by atoms with Gasteiger partial charge in [0.15, 0.2) is 11.6 Å². The van der Waals surface area contributed by atoms with Crippen LogP contribution < -0.4 is 0 Å². The number of nitrogens with zero attached hydrogens (tertiary/aromatic N) is 1. The maximum absolute atomic E-state index is 13.1. The molecule has 4 nitrogen and oxygen atoms in total. The fourth-order valence-electron chi connectivity index (χ4n) is 3.10. The third-order valence-electron chi connectivity index (χ3n) is 4.28. The Morgan fingerprint density at radius 1 is 1.43 bits per heavy atom. The van der Waals surface area contributed by atoms with Crippen LogP contribution in [0, 0.1) is 11.6 Å². The first-order valence-electron chi connectivity index (χ1n) is 7.04. The van der Waals surface area contributed by atoms with Crippen molar-refractivity contribution in [2.45, 2.75) is 31.0 Å². The van der Waals surface area contributed by atoms with E-state index in [4.69, 9.17) is 4.74 Å². The first-order chi connectivity index (χ1) is 10.00. The number of β-amino-alcohol motifs (C(OH)–C–C–N with tert-alkyl or cyclic N) is 1. The van der Waals surface area contributed by atoms with Gasteiger partial charge in [-0.15, -0.1) is 0 Å². The Morgan fingerprint density at radius 2 is 2.24 bits per heavy atom. The second kappa shape index (κ2) is 5.35. The van der Waals surface area contributed by atoms with Crippen LogP contribution in [-0.4, -0.2) is 47.3 Å². The van der Waals surface area contributed by atoms with Gasteiger partial charge in [-0.05, 0) is 30.5 Å². The molecule has 0 bridgehead atoms. The summed E-state index contributed by atoms with van der Waals surface area (Å²) in [6.45, 7) is 1.18. The average Bonchev–Trinajstić information content (AvgIpc) is 3.04. The van der Waals surface area contributed by atoms with E-state index in [0.717, 1.165) is 25.0 Å². The lowest BCUT2D eigenvalue weighted by atomic mass is 9.97. The lowest BCUT2D eigenvalue weighted by Crippen LogP contribution is -2.41. The molecule has 21 heavy (non-hydrogen) atoms. The number of aliphatic hydroxyl groups excluding tert-OH is 1. The van der Waals surface area contributed by atoms with E-state index in [1.807, 2.05) is 0 Å². The summed E-state index contributed by atoms with van der Waals surface area (Å²) in [7, 11) is 0. The highest BCUT2D eigenvalue weighted by molar-refractivity contribution is 5.79. The molecule has 2 saturated heterocycles. The molecule has 0 saturated carbocycles. The zero-order valence-corrected chi connectivity index (χ0v) is 11.5. The van der Waals surface area contributed by atoms with Crippen molar-refractivity contribution in [2.75, 3.05) is 19.7 Å². The molecule has 0 aromatic heterocycles. The van der Waals surface area contributed by atoms with E-state index in [0.29, 0.717) is 18.7 Å². The quantitative estimate of drug-likeness (QED) is 0.894. The molecule has 2 heterocycles. The summed E-state index contributed by atoms with van der Waals surface area (Å²) in [5, 5.41) is 10.1. The Balaban J connectivity index is 1.67. The van der Waals surface area contributed by atoms with Gasteiger partial charge in [-0.1, -0.05) is 6.07 Å². The first-order valence-corrected chi connectivity index (χ1v) is 7.04. The van der Waals surface area contributed by atoms with E-state index >= 15 is 0 Å². The van der Waals surface area contributed by atoms with E-state index in [1.165, 1.54) is 11.0 Å². The topological polar surface area (TPSA) is 49.8 Å². The molecule has 1 aromatic rings. The van der Waals surface area contributed by atoms with Gasteiger partial charge in [-0.3, -0.25) is 4.79 Å². The summed E-state index contributed by atoms with van der Waals surface area (Å²) >= 11 is 0. The number of hydrogen-bond donors (Lipinski definition) is 1. The van der Waals surface area contributed by atoms with Gasteiger partial charge in [0, 0.05) is 13.2 Å². The van der Waals surface area contributed by atoms with Crippen molar-refractivity contribution < 1.29 is 23.4 Å². The number of ether oxygens (including phenoxy) is 1. The molecule has 114 valence electrons. The number of benzene rings is 1. The van der Waals surface area contributed by atoms with E-state index in [-0.39, 0.29) is 18.9 Å². The van der Waals surface area contributed by atoms with Crippen molar-refractivity contribution in [1.29, 1.82) is 0 Å². The molecule has 2 aliphatic rings. The normalized spacial score (nSPS) is 28.5. The van der Waals surface area contributed by atoms with Gasteiger partial charge in [-0.25, -0.2) is 8.78 Å². The predicted octanol–water partition coefficient (Wildman–Crippen LogP) is 1.26. The number of halogens is 2. The van der Waals surface area contributed by atoms with Crippen LogP contribution in [-0.2, 0) is 16.0 Å². The zero-order valence-electron chi connectivity index (χ0n) is 11.5. The van der Waals surface area contributed by atoms with Crippen LogP contribution in [0.2, 0.25) is 0 Å². The van der Waals surface area contributed by atoms with Gasteiger partial charge in [0.1, 0.15) is 11.7 Å². The van der Waals surface area contributed by atoms with Crippen LogP contribution in [0.5, 0.6) is 0 Å². The average molecular weight is 297 g/mol. The lowest BCUT2D eigenvalue weighted by molar-refractivity contribution is -0.130. The van der Waals surface area contributed by atoms with Gasteiger partial charge >= 0.3 is 0 Å². The number of carbonyl (C=O) groups excluding carboxylic acids is 1. The molecule has 2 fully saturated rings. The van der Waals surface area contributed by atoms with Gasteiger partial charge in [0.05, 0.1) is 13.0 Å². The Kier molecular flexibility index (Phi) is 3.67. The van der Waals surface area contributed by atoms with E-state index < -0.39 is 23.3 Å². The molecule has 0 unspecified atom stereocenters. The minimum atomic E-state index is -0.961. The third kappa shape index (κ3) is 2.65. The Hall–Kier alpha value is -1.53. The molecular weight excluding hydrogens is 280 g/mol. The fourth-order valence-corrected chi connectivity index (χ4v) is 3.10. The van der Waals surface area contributed by atoms with E-state index in [1.54, 1.807) is 0 Å². The maximum atomic E-state index is 13.1. The molecular formula is C15H17F2NO3. The Morgan fingerprint density at radius 3 is 2.90 bits per heavy atom. The van der Waals surface area contributed by atoms with Crippen LogP contribution >= 0.6 is 0 Å². The third-order valence-corrected chi connectivity index (χ3v) is 4.28. The second-order valence-corrected chi connectivity index (χ2v) is 5.73. The van der Waals surface area contributed by atoms with Crippen LogP contribution in [0.25, 0.3) is 0 Å². The highest BCUT2D eigenvalue weighted by Gasteiger charge is 2.50. The second-order valence-electron chi connectivity index (χ2n) is 5.73. The molecule has 1 amide bonds. The summed E-state index contributed by atoms with van der Waals surface area (Å²) in [6.07, 6.45) is 0.916. The van der Waals surface area contributed by atoms with Crippen LogP contribution in [0.1, 0.15) is 18.4 Å². The van der Waals surface area contributed by atoms with Crippen LogP contribution in [0.4, 0.5) is 8.78 Å². The number of rotatable bonds is 2. The van der Waals surface area contributed by atoms with Crippen molar-refractivity contribution in [3.05, 3.63) is 35.4 Å². The van der Waals surface area contributed by atoms with Gasteiger partial charge in [0.25, 0.3) is 0 Å². The number of carbonyl (C=O) groups is 1. The summed E-state index contributed by atoms with van der Waals surface area (Å²) in [5.41, 5.74) is -0.217. The largest absolute Gasteiger partial charge is 0.388 e. The minimum Gasteiger partial charge on any atom is -0.388 e. The monoisotopic (exact) mass is 297 g/mol. The summed E-state index contributed by atoms with van der Waals surface area (Å²) in [4.78, 5) is 13.8. The molecule has 1 aromatic carbocycles. The number of amides is 1. The molecule has 2 atom stereocenters. The molecule has 1 N–H and O–H groups in total. The molecule has 2 aliphatic heterocycles. The van der Waals surface area contributed by atoms with Gasteiger partial charge in [0.2, 0.25) is 5.91 Å². The Labute approximate surface area is 121 Å². The molecule has 3 rings (SSSR count). The highest BCUT2D eigenvalue weighted by atomic mass is 19.2. The van der Waals surface area contributed by atoms with Crippen molar-refractivity contribution in [2.24, 2.45) is 0 Å². The van der Waals surface area contributed by atoms with Crippen LogP contribution in [0.15, 0.2) is 18.2 Å². The predicted molar refractivity (Wildman–Crippen MR) is 70.6 cm³/mol. The zero-order chi connectivity index (χ0) is 15.0.